The minimum atomic E-state index is -1.02. The Morgan fingerprint density at radius 3 is 1.90 bits per heavy atom. The Morgan fingerprint density at radius 1 is 0.742 bits per heavy atom. The van der Waals surface area contributed by atoms with Crippen LogP contribution in [0, 0.1) is 0 Å². The molecule has 0 heterocycles. The van der Waals surface area contributed by atoms with Crippen molar-refractivity contribution in [2.24, 2.45) is 0 Å². The zero-order valence-electron chi connectivity index (χ0n) is 16.9. The van der Waals surface area contributed by atoms with Crippen LogP contribution in [0.5, 0.6) is 0 Å². The van der Waals surface area contributed by atoms with Crippen molar-refractivity contribution >= 4 is 98.4 Å². The van der Waals surface area contributed by atoms with Crippen molar-refractivity contribution in [1.29, 1.82) is 0 Å². The summed E-state index contributed by atoms with van der Waals surface area (Å²) in [4.78, 5) is 34.6. The minimum Gasteiger partial charge on any atom is -0.454 e. The molecule has 1 unspecified atom stereocenters. The quantitative estimate of drug-likeness (QED) is 0.117. The molecule has 0 aliphatic rings. The van der Waals surface area contributed by atoms with Gasteiger partial charge in [0.05, 0.1) is 35.6 Å². The standard InChI is InChI=1S/C16H28O8S7/c17-1-3-26-10-23-14(19)7-25-5-6-31(22)13-29-12-30-16(21)9-28-8-15(20)24-11-27-4-2-18/h17-18H,1-13H2. The van der Waals surface area contributed by atoms with Crippen molar-refractivity contribution in [2.45, 2.75) is 0 Å². The molecule has 0 saturated heterocycles. The number of aliphatic hydroxyl groups excluding tert-OH is 2. The van der Waals surface area contributed by atoms with Gasteiger partial charge in [-0.1, -0.05) is 11.8 Å². The molecule has 0 bridgehead atoms. The van der Waals surface area contributed by atoms with E-state index in [-0.39, 0.29) is 59.4 Å². The van der Waals surface area contributed by atoms with Crippen LogP contribution in [0.1, 0.15) is 0 Å². The van der Waals surface area contributed by atoms with Gasteiger partial charge in [0.15, 0.2) is 5.12 Å². The molecule has 0 amide bonds. The minimum absolute atomic E-state index is 0.0380. The summed E-state index contributed by atoms with van der Waals surface area (Å²) in [6, 6.07) is 0. The first-order valence-electron chi connectivity index (χ1n) is 8.91. The van der Waals surface area contributed by atoms with Crippen molar-refractivity contribution in [2.75, 3.05) is 75.5 Å². The van der Waals surface area contributed by atoms with E-state index >= 15 is 0 Å². The van der Waals surface area contributed by atoms with Gasteiger partial charge in [0, 0.05) is 38.9 Å². The van der Waals surface area contributed by atoms with Crippen LogP contribution in [0.15, 0.2) is 0 Å². The lowest BCUT2D eigenvalue weighted by atomic mass is 10.8. The monoisotopic (exact) mass is 572 g/mol. The van der Waals surface area contributed by atoms with Crippen LogP contribution in [0.3, 0.4) is 0 Å². The van der Waals surface area contributed by atoms with Crippen LogP contribution in [-0.2, 0) is 34.7 Å². The molecule has 15 heteroatoms. The number of hydrogen-bond donors (Lipinski definition) is 2. The van der Waals surface area contributed by atoms with Gasteiger partial charge >= 0.3 is 11.9 Å². The Balaban J connectivity index is 3.52. The van der Waals surface area contributed by atoms with E-state index in [1.54, 1.807) is 0 Å². The highest BCUT2D eigenvalue weighted by Crippen LogP contribution is 2.17. The fourth-order valence-electron chi connectivity index (χ4n) is 1.41. The van der Waals surface area contributed by atoms with E-state index in [4.69, 9.17) is 19.7 Å². The molecular weight excluding hydrogens is 545 g/mol. The number of esters is 2. The molecule has 0 spiro atoms. The average Bonchev–Trinajstić information content (AvgIpc) is 2.75. The van der Waals surface area contributed by atoms with E-state index in [9.17, 15) is 18.6 Å². The smallest absolute Gasteiger partial charge is 0.316 e. The average molecular weight is 573 g/mol. The Hall–Kier alpha value is 0.780. The maximum absolute atomic E-state index is 11.9. The van der Waals surface area contributed by atoms with Crippen LogP contribution in [0.2, 0.25) is 0 Å². The summed E-state index contributed by atoms with van der Waals surface area (Å²) in [6.45, 7) is 0.0891. The van der Waals surface area contributed by atoms with Gasteiger partial charge in [0.2, 0.25) is 0 Å². The number of carbonyl (C=O) groups excluding carboxylic acids is 3. The third-order valence-electron chi connectivity index (χ3n) is 2.71. The first-order valence-corrected chi connectivity index (χ1v) is 17.2. The van der Waals surface area contributed by atoms with Gasteiger partial charge in [-0.05, 0) is 0 Å². The van der Waals surface area contributed by atoms with Crippen molar-refractivity contribution in [1.82, 2.24) is 0 Å². The second-order valence-electron chi connectivity index (χ2n) is 5.18. The lowest BCUT2D eigenvalue weighted by molar-refractivity contribution is -0.139. The lowest BCUT2D eigenvalue weighted by Crippen LogP contribution is -2.10. The fraction of sp³-hybridized carbons (Fsp3) is 0.812. The summed E-state index contributed by atoms with van der Waals surface area (Å²) in [5, 5.41) is 18.1. The van der Waals surface area contributed by atoms with Gasteiger partial charge in [-0.2, -0.15) is 0 Å². The van der Waals surface area contributed by atoms with Crippen molar-refractivity contribution in [3.8, 4) is 0 Å². The third kappa shape index (κ3) is 23.7. The second kappa shape index (κ2) is 23.9. The molecule has 0 aromatic carbocycles. The van der Waals surface area contributed by atoms with Crippen LogP contribution < -0.4 is 0 Å². The molecule has 1 atom stereocenters. The summed E-state index contributed by atoms with van der Waals surface area (Å²) >= 11 is 7.78. The maximum atomic E-state index is 11.9. The van der Waals surface area contributed by atoms with Gasteiger partial charge in [-0.25, -0.2) is 0 Å². The van der Waals surface area contributed by atoms with E-state index in [0.29, 0.717) is 33.2 Å². The molecule has 8 nitrogen and oxygen atoms in total. The van der Waals surface area contributed by atoms with Crippen molar-refractivity contribution in [3.05, 3.63) is 0 Å². The van der Waals surface area contributed by atoms with Crippen molar-refractivity contribution in [3.63, 3.8) is 0 Å². The molecule has 31 heavy (non-hydrogen) atoms. The summed E-state index contributed by atoms with van der Waals surface area (Å²) in [7, 11) is -1.02. The highest BCUT2D eigenvalue weighted by molar-refractivity contribution is 8.26. The predicted molar refractivity (Wildman–Crippen MR) is 139 cm³/mol. The van der Waals surface area contributed by atoms with Gasteiger partial charge in [-0.15, -0.1) is 58.8 Å². The van der Waals surface area contributed by atoms with E-state index in [2.05, 4.69) is 0 Å². The topological polar surface area (TPSA) is 127 Å². The third-order valence-corrected chi connectivity index (χ3v) is 10.5. The number of aliphatic hydroxyl groups is 2. The number of carbonyl (C=O) groups is 3. The van der Waals surface area contributed by atoms with Gasteiger partial charge in [0.25, 0.3) is 0 Å². The summed E-state index contributed by atoms with van der Waals surface area (Å²) < 4.78 is 21.8. The molecule has 0 aliphatic carbocycles. The lowest BCUT2D eigenvalue weighted by Gasteiger charge is -2.05. The Morgan fingerprint density at radius 2 is 1.32 bits per heavy atom. The number of rotatable bonds is 21. The summed E-state index contributed by atoms with van der Waals surface area (Å²) in [6.07, 6.45) is 0. The highest BCUT2D eigenvalue weighted by Gasteiger charge is 2.09. The van der Waals surface area contributed by atoms with Crippen LogP contribution >= 0.6 is 70.6 Å². The SMILES string of the molecule is O=C(CSCCS(=O)CSCSC(=O)CSCC(=O)OCSCCO)OCSCCO. The zero-order chi connectivity index (χ0) is 23.2. The second-order valence-corrected chi connectivity index (χ2v) is 13.7. The number of thioether (sulfide) groups is 6. The predicted octanol–water partition coefficient (Wildman–Crippen LogP) is 1.56. The Kier molecular flexibility index (Phi) is 24.5. The van der Waals surface area contributed by atoms with E-state index in [0.717, 1.165) is 11.8 Å². The Labute approximate surface area is 211 Å². The van der Waals surface area contributed by atoms with Crippen LogP contribution in [-0.4, -0.2) is 107 Å². The molecule has 0 aromatic rings. The van der Waals surface area contributed by atoms with Crippen molar-refractivity contribution < 1.29 is 38.3 Å². The molecule has 0 aromatic heterocycles. The van der Waals surface area contributed by atoms with Gasteiger partial charge < -0.3 is 19.7 Å². The molecule has 0 fully saturated rings. The molecular formula is C16H28O8S7. The van der Waals surface area contributed by atoms with Gasteiger partial charge in [0.1, 0.15) is 11.9 Å². The normalized spacial score (nSPS) is 11.8. The number of hydrogen-bond acceptors (Lipinski definition) is 14. The van der Waals surface area contributed by atoms with E-state index < -0.39 is 10.8 Å². The zero-order valence-corrected chi connectivity index (χ0v) is 22.6. The largest absolute Gasteiger partial charge is 0.454 e. The van der Waals surface area contributed by atoms with Crippen LogP contribution in [0.4, 0.5) is 0 Å². The highest BCUT2D eigenvalue weighted by atomic mass is 32.2. The molecule has 182 valence electrons. The molecule has 0 aliphatic heterocycles. The molecule has 0 rings (SSSR count). The number of ether oxygens (including phenoxy) is 2. The molecule has 0 radical (unpaired) electrons. The fourth-order valence-corrected chi connectivity index (χ4v) is 8.00. The van der Waals surface area contributed by atoms with Crippen LogP contribution in [0.25, 0.3) is 0 Å². The molecule has 2 N–H and O–H groups in total. The summed E-state index contributed by atoms with van der Waals surface area (Å²) in [5.41, 5.74) is 0. The maximum Gasteiger partial charge on any atom is 0.316 e. The molecule has 0 saturated carbocycles. The van der Waals surface area contributed by atoms with E-state index in [1.807, 2.05) is 0 Å². The van der Waals surface area contributed by atoms with E-state index in [1.165, 1.54) is 58.8 Å². The first kappa shape index (κ1) is 31.8. The Bertz CT molecular complexity index is 524. The first-order chi connectivity index (χ1) is 15.0. The van der Waals surface area contributed by atoms with Gasteiger partial charge in [-0.3, -0.25) is 18.6 Å². The summed E-state index contributed by atoms with van der Waals surface area (Å²) in [5.74, 6) is 2.34.